The second-order valence-corrected chi connectivity index (χ2v) is 13.7. The Bertz CT molecular complexity index is 2880. The van der Waals surface area contributed by atoms with E-state index in [2.05, 4.69) is 217 Å². The standard InChI is InChI=1S/C52H35NO/c1-4-12-36(13-5-1)38-20-22-39(23-21-38)41-26-31-45(32-27-41)53(44-29-24-40(25-30-44)37-14-6-2-7-15-37)50-34-49-47-33-28-43-18-10-11-19-46(43)52(47)54-51(49)35-48(50)42-16-8-3-9-17-42/h1-35H. The molecule has 2 heteroatoms. The van der Waals surface area contributed by atoms with Crippen molar-refractivity contribution >= 4 is 49.8 Å². The van der Waals surface area contributed by atoms with Gasteiger partial charge in [-0.2, -0.15) is 0 Å². The van der Waals surface area contributed by atoms with Crippen molar-refractivity contribution in [1.29, 1.82) is 0 Å². The molecule has 0 spiro atoms. The summed E-state index contributed by atoms with van der Waals surface area (Å²) in [6.07, 6.45) is 0. The molecule has 9 aromatic carbocycles. The Morgan fingerprint density at radius 2 is 0.759 bits per heavy atom. The molecule has 1 aromatic heterocycles. The predicted octanol–water partition coefficient (Wildman–Crippen LogP) is 14.9. The van der Waals surface area contributed by atoms with Gasteiger partial charge in [0.25, 0.3) is 0 Å². The fraction of sp³-hybridized carbons (Fsp3) is 0. The summed E-state index contributed by atoms with van der Waals surface area (Å²) < 4.78 is 6.72. The molecule has 0 saturated heterocycles. The summed E-state index contributed by atoms with van der Waals surface area (Å²) in [5, 5.41) is 4.49. The summed E-state index contributed by atoms with van der Waals surface area (Å²) in [6.45, 7) is 0. The van der Waals surface area contributed by atoms with Crippen molar-refractivity contribution in [3.63, 3.8) is 0 Å². The highest BCUT2D eigenvalue weighted by Gasteiger charge is 2.21. The average molecular weight is 690 g/mol. The Hall–Kier alpha value is -7.16. The van der Waals surface area contributed by atoms with Gasteiger partial charge in [0, 0.05) is 33.1 Å². The highest BCUT2D eigenvalue weighted by Crippen LogP contribution is 2.46. The lowest BCUT2D eigenvalue weighted by molar-refractivity contribution is 0.673. The van der Waals surface area contributed by atoms with E-state index < -0.39 is 0 Å². The van der Waals surface area contributed by atoms with Crippen LogP contribution in [0, 0.1) is 0 Å². The van der Waals surface area contributed by atoms with Crippen LogP contribution in [0.15, 0.2) is 217 Å². The van der Waals surface area contributed by atoms with Gasteiger partial charge >= 0.3 is 0 Å². The number of fused-ring (bicyclic) bond motifs is 5. The van der Waals surface area contributed by atoms with Gasteiger partial charge in [-0.3, -0.25) is 0 Å². The molecule has 0 radical (unpaired) electrons. The van der Waals surface area contributed by atoms with Crippen LogP contribution in [0.2, 0.25) is 0 Å². The van der Waals surface area contributed by atoms with Gasteiger partial charge in [-0.05, 0) is 86.8 Å². The van der Waals surface area contributed by atoms with Crippen molar-refractivity contribution in [2.24, 2.45) is 0 Å². The third kappa shape index (κ3) is 5.71. The number of hydrogen-bond donors (Lipinski definition) is 0. The van der Waals surface area contributed by atoms with Gasteiger partial charge in [0.2, 0.25) is 0 Å². The summed E-state index contributed by atoms with van der Waals surface area (Å²) >= 11 is 0. The average Bonchev–Trinajstić information content (AvgIpc) is 3.63. The van der Waals surface area contributed by atoms with E-state index in [1.165, 1.54) is 38.8 Å². The Kier molecular flexibility index (Phi) is 7.85. The van der Waals surface area contributed by atoms with Crippen molar-refractivity contribution in [2.75, 3.05) is 4.90 Å². The van der Waals surface area contributed by atoms with Gasteiger partial charge in [0.1, 0.15) is 11.2 Å². The molecular weight excluding hydrogens is 655 g/mol. The van der Waals surface area contributed by atoms with E-state index >= 15 is 0 Å². The fourth-order valence-corrected chi connectivity index (χ4v) is 7.72. The van der Waals surface area contributed by atoms with E-state index in [0.29, 0.717) is 0 Å². The van der Waals surface area contributed by atoms with Crippen LogP contribution in [-0.4, -0.2) is 0 Å². The van der Waals surface area contributed by atoms with Gasteiger partial charge in [-0.25, -0.2) is 0 Å². The SMILES string of the molecule is c1ccc(-c2ccc(-c3ccc(N(c4ccc(-c5ccccc5)cc4)c4cc5c(cc4-c4ccccc4)oc4c6ccccc6ccc54)cc3)cc2)cc1. The molecule has 0 atom stereocenters. The molecule has 0 unspecified atom stereocenters. The minimum atomic E-state index is 0.873. The molecule has 0 amide bonds. The molecule has 0 aliphatic heterocycles. The van der Waals surface area contributed by atoms with Crippen LogP contribution in [-0.2, 0) is 0 Å². The molecule has 0 fully saturated rings. The summed E-state index contributed by atoms with van der Waals surface area (Å²) in [6, 6.07) is 75.8. The molecule has 54 heavy (non-hydrogen) atoms. The maximum Gasteiger partial charge on any atom is 0.143 e. The highest BCUT2D eigenvalue weighted by atomic mass is 16.3. The highest BCUT2D eigenvalue weighted by molar-refractivity contribution is 6.16. The molecule has 0 aliphatic carbocycles. The number of hydrogen-bond acceptors (Lipinski definition) is 2. The maximum atomic E-state index is 6.72. The van der Waals surface area contributed by atoms with Gasteiger partial charge in [-0.1, -0.05) is 170 Å². The maximum absolute atomic E-state index is 6.72. The summed E-state index contributed by atoms with van der Waals surface area (Å²) in [4.78, 5) is 2.39. The van der Waals surface area contributed by atoms with Gasteiger partial charge in [0.15, 0.2) is 0 Å². The van der Waals surface area contributed by atoms with E-state index in [1.54, 1.807) is 0 Å². The third-order valence-electron chi connectivity index (χ3n) is 10.5. The summed E-state index contributed by atoms with van der Waals surface area (Å²) in [5.74, 6) is 0. The monoisotopic (exact) mass is 689 g/mol. The largest absolute Gasteiger partial charge is 0.455 e. The molecule has 1 heterocycles. The summed E-state index contributed by atoms with van der Waals surface area (Å²) in [5.41, 5.74) is 14.4. The van der Waals surface area contributed by atoms with Crippen molar-refractivity contribution in [1.82, 2.24) is 0 Å². The van der Waals surface area contributed by atoms with Gasteiger partial charge in [-0.15, -0.1) is 0 Å². The van der Waals surface area contributed by atoms with E-state index in [0.717, 1.165) is 55.5 Å². The molecule has 0 saturated carbocycles. The minimum Gasteiger partial charge on any atom is -0.455 e. The van der Waals surface area contributed by atoms with Crippen molar-refractivity contribution in [2.45, 2.75) is 0 Å². The van der Waals surface area contributed by atoms with E-state index in [-0.39, 0.29) is 0 Å². The zero-order chi connectivity index (χ0) is 35.8. The number of nitrogens with zero attached hydrogens (tertiary/aromatic N) is 1. The Morgan fingerprint density at radius 1 is 0.315 bits per heavy atom. The topological polar surface area (TPSA) is 16.4 Å². The molecule has 10 rings (SSSR count). The van der Waals surface area contributed by atoms with Crippen molar-refractivity contribution < 1.29 is 4.42 Å². The van der Waals surface area contributed by atoms with Crippen LogP contribution in [0.25, 0.3) is 77.2 Å². The van der Waals surface area contributed by atoms with E-state index in [1.807, 2.05) is 0 Å². The Balaban J connectivity index is 1.15. The number of rotatable bonds is 7. The molecule has 0 bridgehead atoms. The Morgan fingerprint density at radius 3 is 1.30 bits per heavy atom. The molecule has 10 aromatic rings. The molecule has 2 nitrogen and oxygen atoms in total. The van der Waals surface area contributed by atoms with Crippen LogP contribution < -0.4 is 4.90 Å². The lowest BCUT2D eigenvalue weighted by Crippen LogP contribution is -2.11. The first-order chi connectivity index (χ1) is 26.8. The lowest BCUT2D eigenvalue weighted by Gasteiger charge is -2.28. The lowest BCUT2D eigenvalue weighted by atomic mass is 9.97. The zero-order valence-corrected chi connectivity index (χ0v) is 29.6. The fourth-order valence-electron chi connectivity index (χ4n) is 7.72. The summed E-state index contributed by atoms with van der Waals surface area (Å²) in [7, 11) is 0. The van der Waals surface area contributed by atoms with Crippen molar-refractivity contribution in [3.8, 4) is 44.5 Å². The molecular formula is C52H35NO. The first kappa shape index (κ1) is 31.6. The second-order valence-electron chi connectivity index (χ2n) is 13.7. The number of benzene rings is 9. The van der Waals surface area contributed by atoms with Crippen molar-refractivity contribution in [3.05, 3.63) is 212 Å². The first-order valence-corrected chi connectivity index (χ1v) is 18.4. The van der Waals surface area contributed by atoms with Crippen LogP contribution >= 0.6 is 0 Å². The van der Waals surface area contributed by atoms with Crippen LogP contribution in [0.1, 0.15) is 0 Å². The Labute approximate surface area is 314 Å². The van der Waals surface area contributed by atoms with Gasteiger partial charge in [0.05, 0.1) is 5.69 Å². The normalized spacial score (nSPS) is 11.3. The quantitative estimate of drug-likeness (QED) is 0.166. The minimum absolute atomic E-state index is 0.873. The third-order valence-corrected chi connectivity index (χ3v) is 10.5. The van der Waals surface area contributed by atoms with Crippen LogP contribution in [0.3, 0.4) is 0 Å². The second kappa shape index (κ2) is 13.4. The molecule has 0 N–H and O–H groups in total. The molecule has 254 valence electrons. The first-order valence-electron chi connectivity index (χ1n) is 18.4. The van der Waals surface area contributed by atoms with Crippen LogP contribution in [0.5, 0.6) is 0 Å². The zero-order valence-electron chi connectivity index (χ0n) is 29.6. The van der Waals surface area contributed by atoms with Crippen LogP contribution in [0.4, 0.5) is 17.1 Å². The molecule has 0 aliphatic rings. The van der Waals surface area contributed by atoms with E-state index in [9.17, 15) is 0 Å². The van der Waals surface area contributed by atoms with E-state index in [4.69, 9.17) is 4.42 Å². The van der Waals surface area contributed by atoms with Gasteiger partial charge < -0.3 is 9.32 Å². The number of furan rings is 1. The smallest absolute Gasteiger partial charge is 0.143 e. The predicted molar refractivity (Wildman–Crippen MR) is 228 cm³/mol. The number of anilines is 3.